The van der Waals surface area contributed by atoms with Gasteiger partial charge < -0.3 is 9.84 Å². The third-order valence-electron chi connectivity index (χ3n) is 2.31. The average molecular weight is 259 g/mol. The van der Waals surface area contributed by atoms with Crippen molar-refractivity contribution in [2.45, 2.75) is 13.5 Å². The first-order valence-electron chi connectivity index (χ1n) is 5.30. The smallest absolute Gasteiger partial charge is 0.289 e. The third-order valence-corrected chi connectivity index (χ3v) is 2.31. The number of aromatic nitrogens is 2. The number of anilines is 1. The highest BCUT2D eigenvalue weighted by molar-refractivity contribution is 5.55. The molecule has 2 rings (SSSR count). The van der Waals surface area contributed by atoms with Crippen molar-refractivity contribution >= 4 is 11.5 Å². The SMILES string of the molecule is Cc1cc(CNc2ncc([N+](=O)[O-])cc2C#N)on1. The fraction of sp³-hybridized carbons (Fsp3) is 0.182. The molecule has 2 heterocycles. The number of nitrogens with zero attached hydrogens (tertiary/aromatic N) is 4. The molecule has 8 nitrogen and oxygen atoms in total. The molecule has 2 aromatic heterocycles. The van der Waals surface area contributed by atoms with Gasteiger partial charge in [0.05, 0.1) is 17.2 Å². The van der Waals surface area contributed by atoms with E-state index < -0.39 is 4.92 Å². The monoisotopic (exact) mass is 259 g/mol. The van der Waals surface area contributed by atoms with Crippen LogP contribution in [0.2, 0.25) is 0 Å². The Morgan fingerprint density at radius 2 is 2.37 bits per heavy atom. The Hall–Kier alpha value is -2.95. The zero-order valence-electron chi connectivity index (χ0n) is 9.95. The van der Waals surface area contributed by atoms with E-state index in [0.717, 1.165) is 11.9 Å². The van der Waals surface area contributed by atoms with E-state index in [1.54, 1.807) is 13.0 Å². The lowest BCUT2D eigenvalue weighted by Gasteiger charge is -2.04. The summed E-state index contributed by atoms with van der Waals surface area (Å²) in [4.78, 5) is 13.8. The van der Waals surface area contributed by atoms with Gasteiger partial charge in [-0.25, -0.2) is 4.98 Å². The van der Waals surface area contributed by atoms with Gasteiger partial charge in [0.1, 0.15) is 23.6 Å². The maximum Gasteiger partial charge on any atom is 0.289 e. The first-order valence-corrected chi connectivity index (χ1v) is 5.30. The van der Waals surface area contributed by atoms with Crippen molar-refractivity contribution in [3.63, 3.8) is 0 Å². The molecule has 0 unspecified atom stereocenters. The van der Waals surface area contributed by atoms with Crippen molar-refractivity contribution < 1.29 is 9.45 Å². The topological polar surface area (TPSA) is 118 Å². The molecule has 0 spiro atoms. The summed E-state index contributed by atoms with van der Waals surface area (Å²) in [6.07, 6.45) is 1.09. The summed E-state index contributed by atoms with van der Waals surface area (Å²) in [5, 5.41) is 26.1. The first-order chi connectivity index (χ1) is 9.10. The second kappa shape index (κ2) is 5.14. The van der Waals surface area contributed by atoms with Crippen LogP contribution in [0.15, 0.2) is 22.9 Å². The molecule has 0 amide bonds. The first kappa shape index (κ1) is 12.5. The van der Waals surface area contributed by atoms with E-state index in [9.17, 15) is 10.1 Å². The van der Waals surface area contributed by atoms with Crippen LogP contribution in [-0.4, -0.2) is 15.1 Å². The van der Waals surface area contributed by atoms with Gasteiger partial charge in [-0.15, -0.1) is 0 Å². The summed E-state index contributed by atoms with van der Waals surface area (Å²) in [5.74, 6) is 0.851. The molecule has 0 aliphatic heterocycles. The van der Waals surface area contributed by atoms with Gasteiger partial charge in [-0.1, -0.05) is 5.16 Å². The van der Waals surface area contributed by atoms with Crippen LogP contribution in [0, 0.1) is 28.4 Å². The van der Waals surface area contributed by atoms with Gasteiger partial charge in [-0.2, -0.15) is 5.26 Å². The van der Waals surface area contributed by atoms with E-state index in [2.05, 4.69) is 15.5 Å². The number of hydrogen-bond acceptors (Lipinski definition) is 7. The molecule has 0 aromatic carbocycles. The molecular formula is C11H9N5O3. The van der Waals surface area contributed by atoms with Gasteiger partial charge in [0.25, 0.3) is 5.69 Å². The standard InChI is InChI=1S/C11H9N5O3/c1-7-2-10(19-15-7)6-14-11-8(4-12)3-9(5-13-11)16(17)18/h2-3,5H,6H2,1H3,(H,13,14). The molecular weight excluding hydrogens is 250 g/mol. The summed E-state index contributed by atoms with van der Waals surface area (Å²) < 4.78 is 4.99. The predicted molar refractivity (Wildman–Crippen MR) is 64.2 cm³/mol. The zero-order valence-corrected chi connectivity index (χ0v) is 9.95. The molecule has 0 saturated carbocycles. The predicted octanol–water partition coefficient (Wildman–Crippen LogP) is 1.77. The Bertz CT molecular complexity index is 659. The maximum atomic E-state index is 10.6. The molecule has 1 N–H and O–H groups in total. The van der Waals surface area contributed by atoms with E-state index in [-0.39, 0.29) is 17.1 Å². The summed E-state index contributed by atoms with van der Waals surface area (Å²) in [7, 11) is 0. The Kier molecular flexibility index (Phi) is 3.38. The normalized spacial score (nSPS) is 9.89. The molecule has 0 radical (unpaired) electrons. The number of nitrogens with one attached hydrogen (secondary N) is 1. The van der Waals surface area contributed by atoms with Crippen LogP contribution in [0.1, 0.15) is 17.0 Å². The number of pyridine rings is 1. The minimum absolute atomic E-state index is 0.102. The van der Waals surface area contributed by atoms with Crippen molar-refractivity contribution in [3.05, 3.63) is 45.5 Å². The van der Waals surface area contributed by atoms with E-state index in [0.29, 0.717) is 12.3 Å². The van der Waals surface area contributed by atoms with Gasteiger partial charge in [0.2, 0.25) is 0 Å². The van der Waals surface area contributed by atoms with E-state index in [4.69, 9.17) is 9.78 Å². The number of aryl methyl sites for hydroxylation is 1. The number of rotatable bonds is 4. The molecule has 0 atom stereocenters. The molecule has 0 bridgehead atoms. The molecule has 0 aliphatic rings. The van der Waals surface area contributed by atoms with E-state index in [1.807, 2.05) is 6.07 Å². The molecule has 8 heteroatoms. The zero-order chi connectivity index (χ0) is 13.8. The minimum atomic E-state index is -0.600. The lowest BCUT2D eigenvalue weighted by molar-refractivity contribution is -0.385. The Morgan fingerprint density at radius 3 is 2.95 bits per heavy atom. The van der Waals surface area contributed by atoms with Crippen LogP contribution in [0.5, 0.6) is 0 Å². The van der Waals surface area contributed by atoms with Crippen molar-refractivity contribution in [1.82, 2.24) is 10.1 Å². The van der Waals surface area contributed by atoms with Crippen molar-refractivity contribution in [2.75, 3.05) is 5.32 Å². The number of hydrogen-bond donors (Lipinski definition) is 1. The fourth-order valence-corrected chi connectivity index (χ4v) is 1.45. The van der Waals surface area contributed by atoms with Crippen molar-refractivity contribution in [3.8, 4) is 6.07 Å². The molecule has 96 valence electrons. The van der Waals surface area contributed by atoms with Gasteiger partial charge in [0.15, 0.2) is 5.76 Å². The van der Waals surface area contributed by atoms with Crippen LogP contribution < -0.4 is 5.32 Å². The quantitative estimate of drug-likeness (QED) is 0.656. The van der Waals surface area contributed by atoms with Gasteiger partial charge in [0, 0.05) is 12.1 Å². The van der Waals surface area contributed by atoms with Crippen LogP contribution in [0.3, 0.4) is 0 Å². The highest BCUT2D eigenvalue weighted by atomic mass is 16.6. The van der Waals surface area contributed by atoms with E-state index >= 15 is 0 Å². The van der Waals surface area contributed by atoms with Crippen LogP contribution in [-0.2, 0) is 6.54 Å². The molecule has 2 aromatic rings. The Balaban J connectivity index is 2.16. The summed E-state index contributed by atoms with van der Waals surface area (Å²) in [6.45, 7) is 2.08. The van der Waals surface area contributed by atoms with Gasteiger partial charge in [-0.05, 0) is 6.92 Å². The highest BCUT2D eigenvalue weighted by Gasteiger charge is 2.12. The summed E-state index contributed by atoms with van der Waals surface area (Å²) in [5.41, 5.74) is 0.622. The number of nitro groups is 1. The second-order valence-corrected chi connectivity index (χ2v) is 3.75. The van der Waals surface area contributed by atoms with Crippen LogP contribution in [0.25, 0.3) is 0 Å². The molecule has 0 saturated heterocycles. The minimum Gasteiger partial charge on any atom is -0.362 e. The molecule has 0 aliphatic carbocycles. The second-order valence-electron chi connectivity index (χ2n) is 3.75. The lowest BCUT2D eigenvalue weighted by atomic mass is 10.2. The fourth-order valence-electron chi connectivity index (χ4n) is 1.45. The Labute approximate surface area is 107 Å². The molecule has 19 heavy (non-hydrogen) atoms. The molecule has 0 fully saturated rings. The van der Waals surface area contributed by atoms with Gasteiger partial charge in [-0.3, -0.25) is 10.1 Å². The van der Waals surface area contributed by atoms with Crippen molar-refractivity contribution in [2.24, 2.45) is 0 Å². The maximum absolute atomic E-state index is 10.6. The average Bonchev–Trinajstić information content (AvgIpc) is 2.81. The highest BCUT2D eigenvalue weighted by Crippen LogP contribution is 2.18. The van der Waals surface area contributed by atoms with Crippen molar-refractivity contribution in [1.29, 1.82) is 5.26 Å². The lowest BCUT2D eigenvalue weighted by Crippen LogP contribution is -2.03. The third kappa shape index (κ3) is 2.84. The Morgan fingerprint density at radius 1 is 1.58 bits per heavy atom. The van der Waals surface area contributed by atoms with E-state index in [1.165, 1.54) is 6.07 Å². The summed E-state index contributed by atoms with van der Waals surface area (Å²) >= 11 is 0. The largest absolute Gasteiger partial charge is 0.362 e. The van der Waals surface area contributed by atoms with Crippen LogP contribution in [0.4, 0.5) is 11.5 Å². The van der Waals surface area contributed by atoms with Gasteiger partial charge >= 0.3 is 0 Å². The van der Waals surface area contributed by atoms with Crippen LogP contribution >= 0.6 is 0 Å². The number of nitriles is 1. The summed E-state index contributed by atoms with van der Waals surface area (Å²) in [6, 6.07) is 4.76.